The molecule has 29 heavy (non-hydrogen) atoms. The van der Waals surface area contributed by atoms with Crippen molar-refractivity contribution in [2.75, 3.05) is 30.5 Å². The highest BCUT2D eigenvalue weighted by atomic mass is 16.5. The van der Waals surface area contributed by atoms with Gasteiger partial charge in [0.15, 0.2) is 0 Å². The Morgan fingerprint density at radius 3 is 2.41 bits per heavy atom. The van der Waals surface area contributed by atoms with E-state index in [-0.39, 0.29) is 24.2 Å². The number of carbonyl (C=O) groups excluding carboxylic acids is 2. The van der Waals surface area contributed by atoms with Crippen molar-refractivity contribution in [1.29, 1.82) is 0 Å². The Bertz CT molecular complexity index is 818. The standard InChI is InChI=1S/C23H28N2O4/c1-3-4-5-14-29-21-10-6-18(7-11-21)24-23(27)17-15-22(26)25(16-17)19-8-12-20(28-2)13-9-19/h6-13,17H,3-5,14-16H2,1-2H3,(H,24,27)/t17-/m0/s1. The maximum Gasteiger partial charge on any atom is 0.229 e. The van der Waals surface area contributed by atoms with Gasteiger partial charge in [0.1, 0.15) is 11.5 Å². The highest BCUT2D eigenvalue weighted by Crippen LogP contribution is 2.28. The van der Waals surface area contributed by atoms with Gasteiger partial charge in [0.25, 0.3) is 0 Å². The molecule has 0 spiro atoms. The molecule has 6 nitrogen and oxygen atoms in total. The van der Waals surface area contributed by atoms with Crippen molar-refractivity contribution in [2.24, 2.45) is 5.92 Å². The van der Waals surface area contributed by atoms with Gasteiger partial charge in [-0.3, -0.25) is 9.59 Å². The zero-order valence-electron chi connectivity index (χ0n) is 17.0. The summed E-state index contributed by atoms with van der Waals surface area (Å²) in [5.41, 5.74) is 1.47. The minimum absolute atomic E-state index is 0.0499. The normalized spacial score (nSPS) is 16.0. The van der Waals surface area contributed by atoms with E-state index in [1.165, 1.54) is 0 Å². The second-order valence-corrected chi connectivity index (χ2v) is 7.17. The Hall–Kier alpha value is -3.02. The van der Waals surface area contributed by atoms with E-state index >= 15 is 0 Å². The van der Waals surface area contributed by atoms with E-state index in [1.807, 2.05) is 48.5 Å². The van der Waals surface area contributed by atoms with Crippen molar-refractivity contribution in [3.8, 4) is 11.5 Å². The average Bonchev–Trinajstić information content (AvgIpc) is 3.14. The Morgan fingerprint density at radius 1 is 1.07 bits per heavy atom. The highest BCUT2D eigenvalue weighted by Gasteiger charge is 2.35. The summed E-state index contributed by atoms with van der Waals surface area (Å²) in [5.74, 6) is 0.944. The van der Waals surface area contributed by atoms with Crippen molar-refractivity contribution in [1.82, 2.24) is 0 Å². The summed E-state index contributed by atoms with van der Waals surface area (Å²) in [6.45, 7) is 3.23. The highest BCUT2D eigenvalue weighted by molar-refractivity contribution is 6.03. The van der Waals surface area contributed by atoms with Crippen LogP contribution < -0.4 is 19.7 Å². The third kappa shape index (κ3) is 5.50. The van der Waals surface area contributed by atoms with Crippen LogP contribution in [-0.2, 0) is 9.59 Å². The third-order valence-electron chi connectivity index (χ3n) is 5.02. The number of unbranched alkanes of at least 4 members (excludes halogenated alkanes) is 2. The quantitative estimate of drug-likeness (QED) is 0.643. The predicted molar refractivity (Wildman–Crippen MR) is 114 cm³/mol. The Morgan fingerprint density at radius 2 is 1.76 bits per heavy atom. The zero-order chi connectivity index (χ0) is 20.6. The number of carbonyl (C=O) groups is 2. The number of amides is 2. The summed E-state index contributed by atoms with van der Waals surface area (Å²) in [4.78, 5) is 26.7. The zero-order valence-corrected chi connectivity index (χ0v) is 17.0. The smallest absolute Gasteiger partial charge is 0.229 e. The van der Waals surface area contributed by atoms with Crippen molar-refractivity contribution in [2.45, 2.75) is 32.6 Å². The van der Waals surface area contributed by atoms with E-state index in [0.717, 1.165) is 36.4 Å². The van der Waals surface area contributed by atoms with Crippen LogP contribution in [0.2, 0.25) is 0 Å². The molecule has 0 saturated carbocycles. The minimum atomic E-state index is -0.380. The molecule has 0 unspecified atom stereocenters. The van der Waals surface area contributed by atoms with Crippen LogP contribution in [0.5, 0.6) is 11.5 Å². The fraction of sp³-hybridized carbons (Fsp3) is 0.391. The van der Waals surface area contributed by atoms with E-state index in [4.69, 9.17) is 9.47 Å². The molecule has 0 aromatic heterocycles. The molecule has 2 aromatic carbocycles. The summed E-state index contributed by atoms with van der Waals surface area (Å²) in [7, 11) is 1.60. The van der Waals surface area contributed by atoms with Gasteiger partial charge in [-0.1, -0.05) is 19.8 Å². The van der Waals surface area contributed by atoms with Crippen molar-refractivity contribution in [3.63, 3.8) is 0 Å². The molecule has 0 radical (unpaired) electrons. The van der Waals surface area contributed by atoms with Crippen LogP contribution in [0.1, 0.15) is 32.6 Å². The van der Waals surface area contributed by atoms with Crippen molar-refractivity contribution in [3.05, 3.63) is 48.5 Å². The average molecular weight is 396 g/mol. The Kier molecular flexibility index (Phi) is 7.11. The van der Waals surface area contributed by atoms with Gasteiger partial charge in [-0.15, -0.1) is 0 Å². The summed E-state index contributed by atoms with van der Waals surface area (Å²) >= 11 is 0. The first kappa shape index (κ1) is 20.7. The van der Waals surface area contributed by atoms with Crippen molar-refractivity contribution < 1.29 is 19.1 Å². The molecule has 1 N–H and O–H groups in total. The Balaban J connectivity index is 1.53. The summed E-state index contributed by atoms with van der Waals surface area (Å²) in [5, 5.41) is 2.90. The fourth-order valence-electron chi connectivity index (χ4n) is 3.32. The van der Waals surface area contributed by atoms with Gasteiger partial charge in [0.05, 0.1) is 19.6 Å². The van der Waals surface area contributed by atoms with Gasteiger partial charge in [-0.25, -0.2) is 0 Å². The first-order chi connectivity index (χ1) is 14.1. The van der Waals surface area contributed by atoms with E-state index in [0.29, 0.717) is 18.8 Å². The molecular weight excluding hydrogens is 368 g/mol. The maximum absolute atomic E-state index is 12.6. The van der Waals surface area contributed by atoms with Crippen LogP contribution in [0.15, 0.2) is 48.5 Å². The molecule has 2 aromatic rings. The topological polar surface area (TPSA) is 67.9 Å². The Labute approximate surface area is 171 Å². The third-order valence-corrected chi connectivity index (χ3v) is 5.02. The SMILES string of the molecule is CCCCCOc1ccc(NC(=O)[C@H]2CC(=O)N(c3ccc(OC)cc3)C2)cc1. The minimum Gasteiger partial charge on any atom is -0.497 e. The van der Waals surface area contributed by atoms with Gasteiger partial charge in [-0.2, -0.15) is 0 Å². The van der Waals surface area contributed by atoms with E-state index in [1.54, 1.807) is 12.0 Å². The van der Waals surface area contributed by atoms with Crippen molar-refractivity contribution >= 4 is 23.2 Å². The van der Waals surface area contributed by atoms with Gasteiger partial charge in [0.2, 0.25) is 11.8 Å². The number of hydrogen-bond donors (Lipinski definition) is 1. The molecule has 154 valence electrons. The number of nitrogens with one attached hydrogen (secondary N) is 1. The van der Waals surface area contributed by atoms with Crippen LogP contribution in [0.25, 0.3) is 0 Å². The lowest BCUT2D eigenvalue weighted by atomic mass is 10.1. The molecule has 6 heteroatoms. The molecule has 1 atom stereocenters. The molecule has 0 bridgehead atoms. The lowest BCUT2D eigenvalue weighted by molar-refractivity contribution is -0.122. The lowest BCUT2D eigenvalue weighted by Crippen LogP contribution is -2.28. The second-order valence-electron chi connectivity index (χ2n) is 7.17. The summed E-state index contributed by atoms with van der Waals surface area (Å²) < 4.78 is 10.8. The first-order valence-electron chi connectivity index (χ1n) is 10.1. The maximum atomic E-state index is 12.6. The number of ether oxygens (including phenoxy) is 2. The fourth-order valence-corrected chi connectivity index (χ4v) is 3.32. The van der Waals surface area contributed by atoms with E-state index in [2.05, 4.69) is 12.2 Å². The van der Waals surface area contributed by atoms with Crippen LogP contribution in [0.4, 0.5) is 11.4 Å². The molecule has 2 amide bonds. The number of nitrogens with zero attached hydrogens (tertiary/aromatic N) is 1. The van der Waals surface area contributed by atoms with E-state index in [9.17, 15) is 9.59 Å². The molecule has 1 aliphatic heterocycles. The molecule has 3 rings (SSSR count). The van der Waals surface area contributed by atoms with Crippen LogP contribution in [0.3, 0.4) is 0 Å². The molecule has 1 fully saturated rings. The molecular formula is C23H28N2O4. The summed E-state index contributed by atoms with van der Waals surface area (Å²) in [6, 6.07) is 14.6. The van der Waals surface area contributed by atoms with Crippen LogP contribution in [0, 0.1) is 5.92 Å². The number of methoxy groups -OCH3 is 1. The van der Waals surface area contributed by atoms with Gasteiger partial charge >= 0.3 is 0 Å². The number of benzene rings is 2. The second kappa shape index (κ2) is 9.96. The van der Waals surface area contributed by atoms with Gasteiger partial charge in [-0.05, 0) is 55.0 Å². The molecule has 0 aliphatic carbocycles. The van der Waals surface area contributed by atoms with Gasteiger partial charge in [0, 0.05) is 24.3 Å². The molecule has 1 heterocycles. The van der Waals surface area contributed by atoms with Gasteiger partial charge < -0.3 is 19.7 Å². The van der Waals surface area contributed by atoms with Crippen LogP contribution in [-0.4, -0.2) is 32.1 Å². The lowest BCUT2D eigenvalue weighted by Gasteiger charge is -2.17. The largest absolute Gasteiger partial charge is 0.497 e. The monoisotopic (exact) mass is 396 g/mol. The van der Waals surface area contributed by atoms with E-state index < -0.39 is 0 Å². The summed E-state index contributed by atoms with van der Waals surface area (Å²) in [6.07, 6.45) is 3.56. The molecule has 1 saturated heterocycles. The number of hydrogen-bond acceptors (Lipinski definition) is 4. The van der Waals surface area contributed by atoms with Crippen LogP contribution >= 0.6 is 0 Å². The molecule has 1 aliphatic rings. The first-order valence-corrected chi connectivity index (χ1v) is 10.1. The number of anilines is 2. The predicted octanol–water partition coefficient (Wildman–Crippen LogP) is 4.26. The number of rotatable bonds is 9.